The van der Waals surface area contributed by atoms with E-state index in [0.29, 0.717) is 12.1 Å². The van der Waals surface area contributed by atoms with Gasteiger partial charge in [-0.15, -0.1) is 0 Å². The predicted molar refractivity (Wildman–Crippen MR) is 66.8 cm³/mol. The number of hydrogen-bond acceptors (Lipinski definition) is 4. The van der Waals surface area contributed by atoms with Crippen LogP contribution in [0.5, 0.6) is 0 Å². The first kappa shape index (κ1) is 10.6. The molecule has 0 heterocycles. The van der Waals surface area contributed by atoms with Crippen molar-refractivity contribution in [2.24, 2.45) is 17.2 Å². The highest BCUT2D eigenvalue weighted by atomic mass is 14.7. The van der Waals surface area contributed by atoms with Gasteiger partial charge in [-0.25, -0.2) is 0 Å². The highest BCUT2D eigenvalue weighted by Crippen LogP contribution is 2.40. The second-order valence-electron chi connectivity index (χ2n) is 3.90. The Morgan fingerprint density at radius 2 is 1.94 bits per heavy atom. The molecule has 1 atom stereocenters. The zero-order chi connectivity index (χ0) is 11.7. The zero-order valence-electron chi connectivity index (χ0n) is 8.98. The SMILES string of the molecule is NC=C1CC(=CN)C(N)c2cccc(N)c21. The second-order valence-corrected chi connectivity index (χ2v) is 3.90. The van der Waals surface area contributed by atoms with Crippen LogP contribution < -0.4 is 22.9 Å². The molecule has 0 saturated heterocycles. The van der Waals surface area contributed by atoms with Crippen molar-refractivity contribution in [1.82, 2.24) is 0 Å². The van der Waals surface area contributed by atoms with Gasteiger partial charge in [0.2, 0.25) is 0 Å². The van der Waals surface area contributed by atoms with Gasteiger partial charge in [0.25, 0.3) is 0 Å². The lowest BCUT2D eigenvalue weighted by molar-refractivity contribution is 0.796. The van der Waals surface area contributed by atoms with Gasteiger partial charge in [-0.1, -0.05) is 12.1 Å². The summed E-state index contributed by atoms with van der Waals surface area (Å²) < 4.78 is 0. The number of allylic oxidation sites excluding steroid dienone is 1. The average Bonchev–Trinajstić information content (AvgIpc) is 2.30. The van der Waals surface area contributed by atoms with Crippen LogP contribution in [-0.2, 0) is 0 Å². The third-order valence-electron chi connectivity index (χ3n) is 2.99. The van der Waals surface area contributed by atoms with E-state index in [1.54, 1.807) is 12.4 Å². The Labute approximate surface area is 94.6 Å². The van der Waals surface area contributed by atoms with E-state index < -0.39 is 0 Å². The molecule has 84 valence electrons. The number of anilines is 1. The molecule has 0 bridgehead atoms. The molecule has 2 rings (SSSR count). The maximum Gasteiger partial charge on any atom is 0.0537 e. The number of hydrogen-bond donors (Lipinski definition) is 4. The molecule has 0 radical (unpaired) electrons. The highest BCUT2D eigenvalue weighted by molar-refractivity contribution is 5.81. The van der Waals surface area contributed by atoms with Crippen LogP contribution in [0.4, 0.5) is 5.69 Å². The molecule has 1 unspecified atom stereocenters. The van der Waals surface area contributed by atoms with Gasteiger partial charge in [-0.2, -0.15) is 0 Å². The molecule has 4 nitrogen and oxygen atoms in total. The van der Waals surface area contributed by atoms with Crippen molar-refractivity contribution < 1.29 is 0 Å². The molecule has 0 spiro atoms. The van der Waals surface area contributed by atoms with E-state index in [1.165, 1.54) is 0 Å². The normalized spacial score (nSPS) is 24.7. The van der Waals surface area contributed by atoms with Crippen LogP contribution in [0.2, 0.25) is 0 Å². The third kappa shape index (κ3) is 1.44. The Kier molecular flexibility index (Phi) is 2.58. The molecule has 1 aliphatic rings. The topological polar surface area (TPSA) is 104 Å². The van der Waals surface area contributed by atoms with Crippen LogP contribution in [0.25, 0.3) is 5.57 Å². The lowest BCUT2D eigenvalue weighted by atomic mass is 9.81. The molecule has 0 aliphatic heterocycles. The van der Waals surface area contributed by atoms with E-state index in [0.717, 1.165) is 22.3 Å². The molecule has 0 aromatic heterocycles. The van der Waals surface area contributed by atoms with Gasteiger partial charge in [-0.05, 0) is 41.6 Å². The average molecular weight is 216 g/mol. The van der Waals surface area contributed by atoms with Crippen LogP contribution in [-0.4, -0.2) is 0 Å². The van der Waals surface area contributed by atoms with E-state index in [4.69, 9.17) is 22.9 Å². The summed E-state index contributed by atoms with van der Waals surface area (Å²) in [6.07, 6.45) is 3.79. The van der Waals surface area contributed by atoms with Gasteiger partial charge in [0.15, 0.2) is 0 Å². The van der Waals surface area contributed by atoms with Crippen molar-refractivity contribution in [2.45, 2.75) is 12.5 Å². The van der Waals surface area contributed by atoms with Gasteiger partial charge in [0, 0.05) is 11.3 Å². The molecule has 0 amide bonds. The minimum Gasteiger partial charge on any atom is -0.405 e. The summed E-state index contributed by atoms with van der Waals surface area (Å²) in [7, 11) is 0. The van der Waals surface area contributed by atoms with Gasteiger partial charge < -0.3 is 22.9 Å². The van der Waals surface area contributed by atoms with Gasteiger partial charge in [0.1, 0.15) is 0 Å². The standard InChI is InChI=1S/C12H16N4/c13-5-7-4-8(6-14)12(16)9-2-1-3-10(15)11(7)9/h1-3,5-6,12H,4,13-16H2. The summed E-state index contributed by atoms with van der Waals surface area (Å²) in [4.78, 5) is 0. The van der Waals surface area contributed by atoms with Crippen molar-refractivity contribution in [1.29, 1.82) is 0 Å². The van der Waals surface area contributed by atoms with Crippen LogP contribution in [0.15, 0.2) is 36.2 Å². The molecule has 16 heavy (non-hydrogen) atoms. The largest absolute Gasteiger partial charge is 0.405 e. The summed E-state index contributed by atoms with van der Waals surface area (Å²) in [5.74, 6) is 0. The molecule has 0 fully saturated rings. The number of rotatable bonds is 0. The van der Waals surface area contributed by atoms with Crippen LogP contribution >= 0.6 is 0 Å². The predicted octanol–water partition coefficient (Wildman–Crippen LogP) is 0.815. The van der Waals surface area contributed by atoms with E-state index in [-0.39, 0.29) is 6.04 Å². The van der Waals surface area contributed by atoms with Crippen molar-refractivity contribution in [3.63, 3.8) is 0 Å². The summed E-state index contributed by atoms with van der Waals surface area (Å²) in [5, 5.41) is 0. The quantitative estimate of drug-likeness (QED) is 0.482. The molecule has 0 saturated carbocycles. The monoisotopic (exact) mass is 216 g/mol. The molecule has 4 heteroatoms. The fourth-order valence-electron chi connectivity index (χ4n) is 2.14. The Balaban J connectivity index is 2.67. The van der Waals surface area contributed by atoms with Crippen LogP contribution in [0.1, 0.15) is 23.6 Å². The second kappa shape index (κ2) is 3.90. The minimum absolute atomic E-state index is 0.188. The Morgan fingerprint density at radius 1 is 1.19 bits per heavy atom. The number of nitrogens with two attached hydrogens (primary N) is 4. The molecule has 1 aromatic carbocycles. The highest BCUT2D eigenvalue weighted by Gasteiger charge is 2.25. The van der Waals surface area contributed by atoms with E-state index >= 15 is 0 Å². The number of nitrogen functional groups attached to an aromatic ring is 1. The molecule has 8 N–H and O–H groups in total. The van der Waals surface area contributed by atoms with Gasteiger partial charge in [0.05, 0.1) is 6.04 Å². The van der Waals surface area contributed by atoms with Crippen molar-refractivity contribution in [2.75, 3.05) is 5.73 Å². The number of benzene rings is 1. The number of fused-ring (bicyclic) bond motifs is 1. The summed E-state index contributed by atoms with van der Waals surface area (Å²) in [6.45, 7) is 0. The smallest absolute Gasteiger partial charge is 0.0537 e. The zero-order valence-corrected chi connectivity index (χ0v) is 8.98. The molecule has 1 aromatic rings. The Bertz CT molecular complexity index is 474. The van der Waals surface area contributed by atoms with Crippen molar-refractivity contribution in [3.8, 4) is 0 Å². The first-order valence-electron chi connectivity index (χ1n) is 5.14. The maximum atomic E-state index is 6.12. The van der Waals surface area contributed by atoms with Gasteiger partial charge >= 0.3 is 0 Å². The first-order chi connectivity index (χ1) is 7.69. The Hall–Kier alpha value is -1.94. The summed E-state index contributed by atoms with van der Waals surface area (Å²) in [6, 6.07) is 5.52. The minimum atomic E-state index is -0.188. The van der Waals surface area contributed by atoms with Gasteiger partial charge in [-0.3, -0.25) is 0 Å². The fraction of sp³-hybridized carbons (Fsp3) is 0.167. The van der Waals surface area contributed by atoms with E-state index in [2.05, 4.69) is 0 Å². The first-order valence-corrected chi connectivity index (χ1v) is 5.14. The molecular weight excluding hydrogens is 200 g/mol. The lowest BCUT2D eigenvalue weighted by Crippen LogP contribution is -2.22. The van der Waals surface area contributed by atoms with Crippen LogP contribution in [0.3, 0.4) is 0 Å². The maximum absolute atomic E-state index is 6.12. The molecule has 1 aliphatic carbocycles. The molecular formula is C12H16N4. The third-order valence-corrected chi connectivity index (χ3v) is 2.99. The van der Waals surface area contributed by atoms with Crippen molar-refractivity contribution in [3.05, 3.63) is 47.3 Å². The van der Waals surface area contributed by atoms with Crippen molar-refractivity contribution >= 4 is 11.3 Å². The fourth-order valence-corrected chi connectivity index (χ4v) is 2.14. The Morgan fingerprint density at radius 3 is 2.56 bits per heavy atom. The van der Waals surface area contributed by atoms with E-state index in [9.17, 15) is 0 Å². The summed E-state index contributed by atoms with van der Waals surface area (Å²) >= 11 is 0. The lowest BCUT2D eigenvalue weighted by Gasteiger charge is -2.28. The summed E-state index contributed by atoms with van der Waals surface area (Å²) in [5.41, 5.74) is 27.9. The van der Waals surface area contributed by atoms with E-state index in [1.807, 2.05) is 18.2 Å². The van der Waals surface area contributed by atoms with Crippen LogP contribution in [0, 0.1) is 0 Å².